The van der Waals surface area contributed by atoms with E-state index in [4.69, 9.17) is 0 Å². The van der Waals surface area contributed by atoms with Gasteiger partial charge < -0.3 is 0 Å². The van der Waals surface area contributed by atoms with E-state index in [0.717, 1.165) is 66.8 Å². The quantitative estimate of drug-likeness (QED) is 0.163. The standard InChI is InChI=1S/C52H32N4S/c53-32-34-12-14-35(15-13-34)38-5-1-6-39(25-38)47-8-2-10-49-50-11-3-9-48(52(50)57-51(47)49)46-30-43(40-7-4-20-56-33-40)29-45(31-46)44-27-41(36-16-21-54-22-17-36)26-42(28-44)37-18-23-55-24-19-37/h1-31,33H. The van der Waals surface area contributed by atoms with E-state index < -0.39 is 0 Å². The van der Waals surface area contributed by atoms with Crippen LogP contribution in [0.3, 0.4) is 0 Å². The molecule has 0 aliphatic heterocycles. The van der Waals surface area contributed by atoms with Crippen molar-refractivity contribution in [3.8, 4) is 84.0 Å². The van der Waals surface area contributed by atoms with Crippen LogP contribution in [0.25, 0.3) is 98.1 Å². The van der Waals surface area contributed by atoms with E-state index in [2.05, 4.69) is 148 Å². The predicted octanol–water partition coefficient (Wildman–Crippen LogP) is 13.8. The van der Waals surface area contributed by atoms with Crippen molar-refractivity contribution in [2.75, 3.05) is 0 Å². The molecule has 266 valence electrons. The average molecular weight is 745 g/mol. The molecule has 0 radical (unpaired) electrons. The zero-order valence-corrected chi connectivity index (χ0v) is 31.5. The van der Waals surface area contributed by atoms with Crippen LogP contribution in [0, 0.1) is 11.3 Å². The van der Waals surface area contributed by atoms with Crippen LogP contribution in [0.15, 0.2) is 195 Å². The fourth-order valence-electron chi connectivity index (χ4n) is 7.74. The van der Waals surface area contributed by atoms with Crippen LogP contribution >= 0.6 is 11.3 Å². The molecule has 0 atom stereocenters. The molecule has 0 bridgehead atoms. The third kappa shape index (κ3) is 6.55. The topological polar surface area (TPSA) is 62.5 Å². The summed E-state index contributed by atoms with van der Waals surface area (Å²) in [7, 11) is 0. The molecule has 10 rings (SSSR count). The first-order valence-electron chi connectivity index (χ1n) is 18.8. The fourth-order valence-corrected chi connectivity index (χ4v) is 9.12. The summed E-state index contributed by atoms with van der Waals surface area (Å²) in [4.78, 5) is 13.1. The number of hydrogen-bond acceptors (Lipinski definition) is 5. The first-order valence-corrected chi connectivity index (χ1v) is 19.6. The Bertz CT molecular complexity index is 3050. The van der Waals surface area contributed by atoms with Crippen LogP contribution in [0.5, 0.6) is 0 Å². The van der Waals surface area contributed by atoms with Gasteiger partial charge in [-0.15, -0.1) is 11.3 Å². The van der Waals surface area contributed by atoms with Gasteiger partial charge in [0.1, 0.15) is 0 Å². The smallest absolute Gasteiger partial charge is 0.0991 e. The van der Waals surface area contributed by atoms with Crippen molar-refractivity contribution in [3.63, 3.8) is 0 Å². The van der Waals surface area contributed by atoms with Crippen LogP contribution in [0.1, 0.15) is 5.56 Å². The van der Waals surface area contributed by atoms with Crippen molar-refractivity contribution in [2.45, 2.75) is 0 Å². The fraction of sp³-hybridized carbons (Fsp3) is 0. The molecule has 6 aromatic carbocycles. The minimum Gasteiger partial charge on any atom is -0.265 e. The van der Waals surface area contributed by atoms with Gasteiger partial charge in [-0.2, -0.15) is 5.26 Å². The van der Waals surface area contributed by atoms with Gasteiger partial charge in [-0.25, -0.2) is 0 Å². The molecule has 0 fully saturated rings. The van der Waals surface area contributed by atoms with Crippen molar-refractivity contribution in [1.29, 1.82) is 5.26 Å². The van der Waals surface area contributed by atoms with E-state index >= 15 is 0 Å². The number of thiophene rings is 1. The average Bonchev–Trinajstić information content (AvgIpc) is 3.69. The molecule has 0 saturated carbocycles. The second kappa shape index (κ2) is 14.6. The van der Waals surface area contributed by atoms with Gasteiger partial charge in [-0.3, -0.25) is 15.0 Å². The van der Waals surface area contributed by atoms with Gasteiger partial charge in [0.05, 0.1) is 11.6 Å². The Balaban J connectivity index is 1.15. The monoisotopic (exact) mass is 744 g/mol. The van der Waals surface area contributed by atoms with Gasteiger partial charge in [0.25, 0.3) is 0 Å². The summed E-state index contributed by atoms with van der Waals surface area (Å²) in [5, 5.41) is 11.8. The SMILES string of the molecule is N#Cc1ccc(-c2cccc(-c3cccc4c3sc3c(-c5cc(-c6cccnc6)cc(-c6cc(-c7ccncc7)cc(-c7ccncc7)c6)c5)cccc34)c2)cc1. The van der Waals surface area contributed by atoms with E-state index in [1.54, 1.807) is 0 Å². The molecule has 57 heavy (non-hydrogen) atoms. The van der Waals surface area contributed by atoms with Crippen molar-refractivity contribution in [2.24, 2.45) is 0 Å². The molecular formula is C52H32N4S. The summed E-state index contributed by atoms with van der Waals surface area (Å²) in [5.74, 6) is 0. The molecule has 4 aromatic heterocycles. The summed E-state index contributed by atoms with van der Waals surface area (Å²) >= 11 is 1.85. The first kappa shape index (κ1) is 34.0. The van der Waals surface area contributed by atoms with Crippen molar-refractivity contribution >= 4 is 31.5 Å². The van der Waals surface area contributed by atoms with E-state index in [1.165, 1.54) is 31.3 Å². The third-order valence-corrected chi connectivity index (χ3v) is 11.9. The highest BCUT2D eigenvalue weighted by Gasteiger charge is 2.17. The third-order valence-electron chi connectivity index (χ3n) is 10.6. The molecular weight excluding hydrogens is 713 g/mol. The maximum absolute atomic E-state index is 9.32. The number of nitrogens with zero attached hydrogens (tertiary/aromatic N) is 4. The normalized spacial score (nSPS) is 11.1. The van der Waals surface area contributed by atoms with Crippen molar-refractivity contribution < 1.29 is 0 Å². The largest absolute Gasteiger partial charge is 0.265 e. The molecule has 4 nitrogen and oxygen atoms in total. The lowest BCUT2D eigenvalue weighted by Crippen LogP contribution is -1.90. The van der Waals surface area contributed by atoms with E-state index in [1.807, 2.05) is 78.8 Å². The molecule has 0 amide bonds. The van der Waals surface area contributed by atoms with Crippen LogP contribution in [0.4, 0.5) is 0 Å². The summed E-state index contributed by atoms with van der Waals surface area (Å²) in [6.45, 7) is 0. The lowest BCUT2D eigenvalue weighted by atomic mass is 9.90. The molecule has 0 N–H and O–H groups in total. The highest BCUT2D eigenvalue weighted by atomic mass is 32.1. The maximum Gasteiger partial charge on any atom is 0.0991 e. The summed E-state index contributed by atoms with van der Waals surface area (Å²) in [6, 6.07) is 58.2. The van der Waals surface area contributed by atoms with Gasteiger partial charge >= 0.3 is 0 Å². The van der Waals surface area contributed by atoms with Crippen molar-refractivity contribution in [1.82, 2.24) is 15.0 Å². The number of rotatable bonds is 7. The number of nitriles is 1. The lowest BCUT2D eigenvalue weighted by Gasteiger charge is -2.15. The molecule has 4 heterocycles. The predicted molar refractivity (Wildman–Crippen MR) is 235 cm³/mol. The number of pyridine rings is 3. The second-order valence-corrected chi connectivity index (χ2v) is 15.1. The Morgan fingerprint density at radius 1 is 0.351 bits per heavy atom. The molecule has 0 aliphatic carbocycles. The Kier molecular flexibility index (Phi) is 8.72. The number of benzene rings is 6. The van der Waals surface area contributed by atoms with Crippen molar-refractivity contribution in [3.05, 3.63) is 200 Å². The van der Waals surface area contributed by atoms with Crippen LogP contribution in [-0.2, 0) is 0 Å². The van der Waals surface area contributed by atoms with Gasteiger partial charge in [0, 0.05) is 62.9 Å². The van der Waals surface area contributed by atoms with Crippen LogP contribution < -0.4 is 0 Å². The Labute approximate surface area is 334 Å². The Morgan fingerprint density at radius 3 is 1.37 bits per heavy atom. The Morgan fingerprint density at radius 2 is 0.807 bits per heavy atom. The van der Waals surface area contributed by atoms with Crippen LogP contribution in [0.2, 0.25) is 0 Å². The zero-order valence-electron chi connectivity index (χ0n) is 30.7. The molecule has 10 aromatic rings. The minimum atomic E-state index is 0.659. The molecule has 0 aliphatic rings. The highest BCUT2D eigenvalue weighted by Crippen LogP contribution is 2.45. The highest BCUT2D eigenvalue weighted by molar-refractivity contribution is 7.26. The number of aromatic nitrogens is 3. The number of hydrogen-bond donors (Lipinski definition) is 0. The summed E-state index contributed by atoms with van der Waals surface area (Å²) in [5.41, 5.74) is 16.5. The maximum atomic E-state index is 9.32. The molecule has 0 saturated heterocycles. The van der Waals surface area contributed by atoms with E-state index in [9.17, 15) is 5.26 Å². The van der Waals surface area contributed by atoms with Gasteiger partial charge in [0.15, 0.2) is 0 Å². The second-order valence-electron chi connectivity index (χ2n) is 14.0. The summed E-state index contributed by atoms with van der Waals surface area (Å²) in [6.07, 6.45) is 11.1. The van der Waals surface area contributed by atoms with E-state index in [0.29, 0.717) is 5.56 Å². The number of fused-ring (bicyclic) bond motifs is 3. The molecule has 5 heteroatoms. The molecule has 0 spiro atoms. The minimum absolute atomic E-state index is 0.659. The molecule has 0 unspecified atom stereocenters. The van der Waals surface area contributed by atoms with Gasteiger partial charge in [-0.05, 0) is 157 Å². The van der Waals surface area contributed by atoms with E-state index in [-0.39, 0.29) is 0 Å². The van der Waals surface area contributed by atoms with Gasteiger partial charge in [-0.1, -0.05) is 72.8 Å². The van der Waals surface area contributed by atoms with Crippen LogP contribution in [-0.4, -0.2) is 15.0 Å². The zero-order chi connectivity index (χ0) is 38.1. The van der Waals surface area contributed by atoms with Gasteiger partial charge in [0.2, 0.25) is 0 Å². The first-order chi connectivity index (χ1) is 28.2. The Hall–Kier alpha value is -7.52. The summed E-state index contributed by atoms with van der Waals surface area (Å²) < 4.78 is 2.51. The lowest BCUT2D eigenvalue weighted by molar-refractivity contribution is 1.32.